The van der Waals surface area contributed by atoms with Gasteiger partial charge < -0.3 is 11.1 Å². The maximum Gasteiger partial charge on any atom is 0.161 e. The van der Waals surface area contributed by atoms with Gasteiger partial charge >= 0.3 is 0 Å². The lowest BCUT2D eigenvalue weighted by molar-refractivity contribution is 0.101. The van der Waals surface area contributed by atoms with Crippen LogP contribution in [0.4, 0.5) is 11.4 Å². The van der Waals surface area contributed by atoms with E-state index in [4.69, 9.17) is 5.73 Å². The zero-order valence-electron chi connectivity index (χ0n) is 10.5. The summed E-state index contributed by atoms with van der Waals surface area (Å²) in [5, 5.41) is 3.38. The van der Waals surface area contributed by atoms with Gasteiger partial charge in [0.1, 0.15) is 0 Å². The average molecular weight is 232 g/mol. The first-order valence-electron chi connectivity index (χ1n) is 6.22. The molecule has 0 aromatic heterocycles. The number of rotatable bonds is 5. The molecular weight excluding hydrogens is 212 g/mol. The SMILES string of the molecule is CC(=O)c1cc(NCC(C)C2CC2)ccc1N. The number of nitrogens with two attached hydrogens (primary N) is 1. The van der Waals surface area contributed by atoms with Crippen molar-refractivity contribution in [1.82, 2.24) is 0 Å². The van der Waals surface area contributed by atoms with Gasteiger partial charge in [-0.25, -0.2) is 0 Å². The lowest BCUT2D eigenvalue weighted by Crippen LogP contribution is -2.13. The fourth-order valence-corrected chi connectivity index (χ4v) is 2.08. The van der Waals surface area contributed by atoms with Gasteiger partial charge in [0.2, 0.25) is 0 Å². The van der Waals surface area contributed by atoms with Crippen LogP contribution in [0.15, 0.2) is 18.2 Å². The van der Waals surface area contributed by atoms with Crippen LogP contribution in [0, 0.1) is 11.8 Å². The van der Waals surface area contributed by atoms with Gasteiger partial charge in [-0.15, -0.1) is 0 Å². The highest BCUT2D eigenvalue weighted by atomic mass is 16.1. The summed E-state index contributed by atoms with van der Waals surface area (Å²) in [5.74, 6) is 1.61. The molecule has 0 radical (unpaired) electrons. The van der Waals surface area contributed by atoms with Crippen molar-refractivity contribution in [2.24, 2.45) is 11.8 Å². The number of Topliss-reactive ketones (excluding diaryl/α,β-unsaturated/α-hetero) is 1. The number of benzene rings is 1. The monoisotopic (exact) mass is 232 g/mol. The molecule has 0 aliphatic heterocycles. The van der Waals surface area contributed by atoms with Gasteiger partial charge in [-0.2, -0.15) is 0 Å². The molecule has 0 amide bonds. The molecule has 3 nitrogen and oxygen atoms in total. The van der Waals surface area contributed by atoms with Crippen LogP contribution in [0.2, 0.25) is 0 Å². The topological polar surface area (TPSA) is 55.1 Å². The molecule has 1 unspecified atom stereocenters. The Morgan fingerprint density at radius 1 is 1.53 bits per heavy atom. The molecular formula is C14H20N2O. The summed E-state index contributed by atoms with van der Waals surface area (Å²) in [6, 6.07) is 5.57. The summed E-state index contributed by atoms with van der Waals surface area (Å²) in [7, 11) is 0. The summed E-state index contributed by atoms with van der Waals surface area (Å²) in [6.45, 7) is 4.78. The molecule has 1 saturated carbocycles. The predicted molar refractivity (Wildman–Crippen MR) is 71.2 cm³/mol. The van der Waals surface area contributed by atoms with E-state index >= 15 is 0 Å². The molecule has 3 N–H and O–H groups in total. The molecule has 1 aromatic rings. The number of hydrogen-bond donors (Lipinski definition) is 2. The van der Waals surface area contributed by atoms with Gasteiger partial charge in [-0.05, 0) is 49.8 Å². The Labute approximate surface area is 102 Å². The maximum atomic E-state index is 11.4. The standard InChI is InChI=1S/C14H20N2O/c1-9(11-3-4-11)8-16-12-5-6-14(15)13(7-12)10(2)17/h5-7,9,11,16H,3-4,8,15H2,1-2H3. The highest BCUT2D eigenvalue weighted by molar-refractivity contribution is 5.99. The van der Waals surface area contributed by atoms with E-state index in [0.717, 1.165) is 18.2 Å². The molecule has 0 bridgehead atoms. The lowest BCUT2D eigenvalue weighted by atomic mass is 10.1. The Kier molecular flexibility index (Phi) is 3.36. The van der Waals surface area contributed by atoms with Crippen LogP contribution in [0.25, 0.3) is 0 Å². The molecule has 0 spiro atoms. The normalized spacial score (nSPS) is 16.6. The Balaban J connectivity index is 2.00. The van der Waals surface area contributed by atoms with Crippen molar-refractivity contribution in [3.8, 4) is 0 Å². The molecule has 0 heterocycles. The van der Waals surface area contributed by atoms with E-state index in [-0.39, 0.29) is 5.78 Å². The third kappa shape index (κ3) is 2.99. The minimum atomic E-state index is 0.0152. The average Bonchev–Trinajstić information content (AvgIpc) is 3.11. The summed E-state index contributed by atoms with van der Waals surface area (Å²) in [5.41, 5.74) is 7.90. The smallest absolute Gasteiger partial charge is 0.161 e. The highest BCUT2D eigenvalue weighted by Crippen LogP contribution is 2.36. The molecule has 1 aliphatic carbocycles. The number of anilines is 2. The third-order valence-corrected chi connectivity index (χ3v) is 3.49. The van der Waals surface area contributed by atoms with Gasteiger partial charge in [-0.3, -0.25) is 4.79 Å². The van der Waals surface area contributed by atoms with Gasteiger partial charge in [0, 0.05) is 23.5 Å². The quantitative estimate of drug-likeness (QED) is 0.606. The zero-order chi connectivity index (χ0) is 12.4. The van der Waals surface area contributed by atoms with E-state index < -0.39 is 0 Å². The molecule has 1 atom stereocenters. The molecule has 1 fully saturated rings. The van der Waals surface area contributed by atoms with Crippen molar-refractivity contribution in [1.29, 1.82) is 0 Å². The fourth-order valence-electron chi connectivity index (χ4n) is 2.08. The van der Waals surface area contributed by atoms with Gasteiger partial charge in [0.05, 0.1) is 0 Å². The number of ketones is 1. The second kappa shape index (κ2) is 4.78. The van der Waals surface area contributed by atoms with Crippen molar-refractivity contribution in [2.45, 2.75) is 26.7 Å². The zero-order valence-corrected chi connectivity index (χ0v) is 10.5. The van der Waals surface area contributed by atoms with Gasteiger partial charge in [0.25, 0.3) is 0 Å². The van der Waals surface area contributed by atoms with Crippen molar-refractivity contribution < 1.29 is 4.79 Å². The summed E-state index contributed by atoms with van der Waals surface area (Å²) in [4.78, 5) is 11.4. The number of hydrogen-bond acceptors (Lipinski definition) is 3. The minimum absolute atomic E-state index is 0.0152. The van der Waals surface area contributed by atoms with Crippen molar-refractivity contribution in [3.63, 3.8) is 0 Å². The molecule has 1 aliphatic rings. The molecule has 1 aromatic carbocycles. The number of nitrogen functional groups attached to an aromatic ring is 1. The van der Waals surface area contributed by atoms with Gasteiger partial charge in [0.15, 0.2) is 5.78 Å². The van der Waals surface area contributed by atoms with Gasteiger partial charge in [-0.1, -0.05) is 6.92 Å². The van der Waals surface area contributed by atoms with Crippen LogP contribution < -0.4 is 11.1 Å². The lowest BCUT2D eigenvalue weighted by Gasteiger charge is -2.13. The Bertz CT molecular complexity index is 424. The van der Waals surface area contributed by atoms with Crippen molar-refractivity contribution >= 4 is 17.2 Å². The first-order valence-corrected chi connectivity index (χ1v) is 6.22. The van der Waals surface area contributed by atoms with Crippen LogP contribution in [0.5, 0.6) is 0 Å². The largest absolute Gasteiger partial charge is 0.398 e. The van der Waals surface area contributed by atoms with E-state index in [1.807, 2.05) is 12.1 Å². The Hall–Kier alpha value is -1.51. The number of carbonyl (C=O) groups excluding carboxylic acids is 1. The fraction of sp³-hybridized carbons (Fsp3) is 0.500. The van der Waals surface area contributed by atoms with E-state index in [9.17, 15) is 4.79 Å². The van der Waals surface area contributed by atoms with E-state index in [1.54, 1.807) is 13.0 Å². The van der Waals surface area contributed by atoms with Crippen LogP contribution >= 0.6 is 0 Å². The van der Waals surface area contributed by atoms with E-state index in [2.05, 4.69) is 12.2 Å². The predicted octanol–water partition coefficient (Wildman–Crippen LogP) is 2.93. The molecule has 92 valence electrons. The number of nitrogens with one attached hydrogen (secondary N) is 1. The summed E-state index contributed by atoms with van der Waals surface area (Å²) in [6.07, 6.45) is 2.73. The highest BCUT2D eigenvalue weighted by Gasteiger charge is 2.27. The van der Waals surface area contributed by atoms with Crippen LogP contribution in [0.3, 0.4) is 0 Å². The van der Waals surface area contributed by atoms with Crippen LogP contribution in [-0.2, 0) is 0 Å². The van der Waals surface area contributed by atoms with Crippen molar-refractivity contribution in [3.05, 3.63) is 23.8 Å². The van der Waals surface area contributed by atoms with E-state index in [0.29, 0.717) is 17.2 Å². The Morgan fingerprint density at radius 3 is 2.82 bits per heavy atom. The second-order valence-electron chi connectivity index (χ2n) is 5.05. The van der Waals surface area contributed by atoms with Crippen molar-refractivity contribution in [2.75, 3.05) is 17.6 Å². The maximum absolute atomic E-state index is 11.4. The molecule has 0 saturated heterocycles. The molecule has 17 heavy (non-hydrogen) atoms. The molecule has 3 heteroatoms. The van der Waals surface area contributed by atoms with E-state index in [1.165, 1.54) is 12.8 Å². The first kappa shape index (κ1) is 12.0. The number of carbonyl (C=O) groups is 1. The summed E-state index contributed by atoms with van der Waals surface area (Å²) >= 11 is 0. The third-order valence-electron chi connectivity index (χ3n) is 3.49. The molecule has 2 rings (SSSR count). The second-order valence-corrected chi connectivity index (χ2v) is 5.05. The van der Waals surface area contributed by atoms with Crippen LogP contribution in [-0.4, -0.2) is 12.3 Å². The summed E-state index contributed by atoms with van der Waals surface area (Å²) < 4.78 is 0. The Morgan fingerprint density at radius 2 is 2.24 bits per heavy atom. The minimum Gasteiger partial charge on any atom is -0.398 e. The first-order chi connectivity index (χ1) is 8.08. The van der Waals surface area contributed by atoms with Crippen LogP contribution in [0.1, 0.15) is 37.0 Å².